The van der Waals surface area contributed by atoms with Crippen LogP contribution in [0.3, 0.4) is 0 Å². The van der Waals surface area contributed by atoms with Gasteiger partial charge < -0.3 is 26.0 Å². The number of aliphatic hydroxyl groups is 2. The van der Waals surface area contributed by atoms with Crippen LogP contribution in [0.4, 0.5) is 5.69 Å². The molecule has 0 aliphatic carbocycles. The molecule has 0 heterocycles. The fourth-order valence-corrected chi connectivity index (χ4v) is 2.28. The molecule has 1 aromatic carbocycles. The monoisotopic (exact) mass is 398 g/mol. The Hall–Kier alpha value is -0.875. The van der Waals surface area contributed by atoms with E-state index in [9.17, 15) is 8.42 Å². The summed E-state index contributed by atoms with van der Waals surface area (Å²) in [6, 6.07) is 6.49. The standard InChI is InChI=1S/C8H13BN2O4S.C6H14O2.ClH/c10-8-3-1-2-7(4-8)5-16(14,15)11-6-9(12)13;1-5(2,7)6(3,4)8;/h1-4,11-13H,5-6,10H2;7-8H,1-4H3;1H. The topological polar surface area (TPSA) is 153 Å². The van der Waals surface area contributed by atoms with E-state index in [2.05, 4.69) is 4.72 Å². The number of nitrogen functional groups attached to an aromatic ring is 1. The molecule has 0 aliphatic rings. The summed E-state index contributed by atoms with van der Waals surface area (Å²) < 4.78 is 24.9. The van der Waals surface area contributed by atoms with Gasteiger partial charge in [-0.15, -0.1) is 12.4 Å². The lowest BCUT2D eigenvalue weighted by Crippen LogP contribution is -2.44. The Bertz CT molecular complexity index is 602. The molecule has 0 fully saturated rings. The smallest absolute Gasteiger partial charge is 0.426 e. The second kappa shape index (κ2) is 10.3. The zero-order chi connectivity index (χ0) is 19.2. The van der Waals surface area contributed by atoms with Crippen molar-refractivity contribution in [2.45, 2.75) is 44.6 Å². The predicted octanol–water partition coefficient (Wildman–Crippen LogP) is -0.350. The molecular weight excluding hydrogens is 370 g/mol. The minimum Gasteiger partial charge on any atom is -0.426 e. The van der Waals surface area contributed by atoms with Crippen molar-refractivity contribution in [3.05, 3.63) is 29.8 Å². The average molecular weight is 399 g/mol. The third kappa shape index (κ3) is 12.2. The zero-order valence-electron chi connectivity index (χ0n) is 14.8. The first kappa shape index (κ1) is 26.4. The summed E-state index contributed by atoms with van der Waals surface area (Å²) in [5.74, 6) is -0.245. The second-order valence-corrected chi connectivity index (χ2v) is 8.26. The lowest BCUT2D eigenvalue weighted by atomic mass is 9.90. The third-order valence-electron chi connectivity index (χ3n) is 3.29. The Balaban J connectivity index is 0. The number of benzene rings is 1. The number of hydrogen-bond acceptors (Lipinski definition) is 7. The Morgan fingerprint density at radius 2 is 1.60 bits per heavy atom. The Morgan fingerprint density at radius 1 is 1.12 bits per heavy atom. The quantitative estimate of drug-likeness (QED) is 0.283. The fraction of sp³-hybridized carbons (Fsp3) is 0.571. The summed E-state index contributed by atoms with van der Waals surface area (Å²) in [5.41, 5.74) is 4.51. The maximum absolute atomic E-state index is 11.4. The number of nitrogens with two attached hydrogens (primary N) is 1. The van der Waals surface area contributed by atoms with Crippen molar-refractivity contribution in [1.82, 2.24) is 4.72 Å². The lowest BCUT2D eigenvalue weighted by Gasteiger charge is -2.31. The van der Waals surface area contributed by atoms with Crippen LogP contribution in [0, 0.1) is 0 Å². The van der Waals surface area contributed by atoms with Crippen LogP contribution in [-0.2, 0) is 15.8 Å². The van der Waals surface area contributed by atoms with Gasteiger partial charge in [0, 0.05) is 12.1 Å². The van der Waals surface area contributed by atoms with Gasteiger partial charge in [0.15, 0.2) is 0 Å². The van der Waals surface area contributed by atoms with Crippen molar-refractivity contribution < 1.29 is 28.7 Å². The average Bonchev–Trinajstić information content (AvgIpc) is 2.34. The van der Waals surface area contributed by atoms with E-state index in [1.807, 2.05) is 0 Å². The van der Waals surface area contributed by atoms with Crippen LogP contribution >= 0.6 is 12.4 Å². The maximum Gasteiger partial charge on any atom is 0.467 e. The van der Waals surface area contributed by atoms with E-state index in [1.54, 1.807) is 52.0 Å². The van der Waals surface area contributed by atoms with Crippen LogP contribution in [0.25, 0.3) is 0 Å². The number of sulfonamides is 1. The molecule has 0 amide bonds. The van der Waals surface area contributed by atoms with Gasteiger partial charge in [0.1, 0.15) is 0 Å². The van der Waals surface area contributed by atoms with Gasteiger partial charge in [-0.1, -0.05) is 12.1 Å². The highest BCUT2D eigenvalue weighted by molar-refractivity contribution is 7.88. The van der Waals surface area contributed by atoms with Gasteiger partial charge in [-0.05, 0) is 45.4 Å². The van der Waals surface area contributed by atoms with E-state index in [1.165, 1.54) is 0 Å². The molecule has 0 saturated carbocycles. The van der Waals surface area contributed by atoms with E-state index >= 15 is 0 Å². The first-order valence-corrected chi connectivity index (χ1v) is 8.92. The number of rotatable bonds is 6. The van der Waals surface area contributed by atoms with Crippen molar-refractivity contribution in [1.29, 1.82) is 0 Å². The van der Waals surface area contributed by atoms with Gasteiger partial charge in [-0.25, -0.2) is 13.1 Å². The first-order chi connectivity index (χ1) is 10.6. The summed E-state index contributed by atoms with van der Waals surface area (Å²) in [6.45, 7) is 6.31. The number of nitrogens with one attached hydrogen (secondary N) is 1. The number of hydrogen-bond donors (Lipinski definition) is 6. The molecule has 1 aromatic rings. The number of halogens is 1. The van der Waals surface area contributed by atoms with Crippen LogP contribution in [0.5, 0.6) is 0 Å². The van der Waals surface area contributed by atoms with Gasteiger partial charge in [0.2, 0.25) is 10.0 Å². The van der Waals surface area contributed by atoms with Crippen LogP contribution in [0.15, 0.2) is 24.3 Å². The highest BCUT2D eigenvalue weighted by atomic mass is 35.5. The highest BCUT2D eigenvalue weighted by Gasteiger charge is 2.31. The second-order valence-electron chi connectivity index (χ2n) is 6.45. The molecule has 0 aromatic heterocycles. The van der Waals surface area contributed by atoms with Gasteiger partial charge in [-0.3, -0.25) is 0 Å². The summed E-state index contributed by atoms with van der Waals surface area (Å²) in [6.07, 6.45) is -0.426. The van der Waals surface area contributed by atoms with Crippen molar-refractivity contribution in [2.75, 3.05) is 12.2 Å². The molecule has 0 aliphatic heterocycles. The van der Waals surface area contributed by atoms with Crippen LogP contribution in [0.1, 0.15) is 33.3 Å². The Morgan fingerprint density at radius 3 is 1.96 bits per heavy atom. The molecule has 11 heteroatoms. The summed E-state index contributed by atoms with van der Waals surface area (Å²) >= 11 is 0. The van der Waals surface area contributed by atoms with E-state index in [0.717, 1.165) is 0 Å². The largest absolute Gasteiger partial charge is 0.467 e. The van der Waals surface area contributed by atoms with Gasteiger partial charge >= 0.3 is 7.12 Å². The molecule has 146 valence electrons. The Labute approximate surface area is 155 Å². The molecular formula is C14H28BClN2O6S. The summed E-state index contributed by atoms with van der Waals surface area (Å²) in [7, 11) is -5.27. The molecule has 25 heavy (non-hydrogen) atoms. The van der Waals surface area contributed by atoms with Crippen molar-refractivity contribution >= 4 is 35.2 Å². The molecule has 0 atom stereocenters. The predicted molar refractivity (Wildman–Crippen MR) is 102 cm³/mol. The van der Waals surface area contributed by atoms with E-state index in [4.69, 9.17) is 26.0 Å². The maximum atomic E-state index is 11.4. The molecule has 1 rings (SSSR count). The summed E-state index contributed by atoms with van der Waals surface area (Å²) in [4.78, 5) is 0. The molecule has 0 saturated heterocycles. The van der Waals surface area contributed by atoms with Gasteiger partial charge in [0.05, 0.1) is 17.0 Å². The number of anilines is 1. The van der Waals surface area contributed by atoms with Crippen LogP contribution in [0.2, 0.25) is 0 Å². The minimum atomic E-state index is -3.57. The zero-order valence-corrected chi connectivity index (χ0v) is 16.4. The molecule has 0 spiro atoms. The van der Waals surface area contributed by atoms with Crippen molar-refractivity contribution in [3.63, 3.8) is 0 Å². The summed E-state index contributed by atoms with van der Waals surface area (Å²) in [5, 5.41) is 35.3. The highest BCUT2D eigenvalue weighted by Crippen LogP contribution is 2.19. The fourth-order valence-electron chi connectivity index (χ4n) is 1.15. The van der Waals surface area contributed by atoms with Gasteiger partial charge in [0.25, 0.3) is 0 Å². The van der Waals surface area contributed by atoms with E-state index < -0.39 is 34.8 Å². The van der Waals surface area contributed by atoms with E-state index in [0.29, 0.717) is 11.3 Å². The first-order valence-electron chi connectivity index (χ1n) is 7.27. The molecule has 7 N–H and O–H groups in total. The Kier molecular flexibility index (Phi) is 10.9. The minimum absolute atomic E-state index is 0. The molecule has 0 radical (unpaired) electrons. The third-order valence-corrected chi connectivity index (χ3v) is 4.61. The van der Waals surface area contributed by atoms with Crippen molar-refractivity contribution in [3.8, 4) is 0 Å². The molecule has 0 bridgehead atoms. The van der Waals surface area contributed by atoms with Crippen LogP contribution in [-0.4, -0.2) is 53.4 Å². The van der Waals surface area contributed by atoms with E-state index in [-0.39, 0.29) is 18.2 Å². The molecule has 0 unspecified atom stereocenters. The normalized spacial score (nSPS) is 11.8. The van der Waals surface area contributed by atoms with Gasteiger partial charge in [-0.2, -0.15) is 0 Å². The molecule has 8 nitrogen and oxygen atoms in total. The van der Waals surface area contributed by atoms with Crippen LogP contribution < -0.4 is 10.5 Å². The SMILES string of the molecule is CC(C)(O)C(C)(C)O.Cl.Nc1cccc(CS(=O)(=O)NCB(O)O)c1. The lowest BCUT2D eigenvalue weighted by molar-refractivity contribution is -0.107. The van der Waals surface area contributed by atoms with Crippen molar-refractivity contribution in [2.24, 2.45) is 0 Å².